The zero-order valence-electron chi connectivity index (χ0n) is 25.3. The van der Waals surface area contributed by atoms with Crippen molar-refractivity contribution in [3.05, 3.63) is 106 Å². The van der Waals surface area contributed by atoms with E-state index in [4.69, 9.17) is 28.3 Å². The van der Waals surface area contributed by atoms with Crippen molar-refractivity contribution in [1.29, 1.82) is 0 Å². The van der Waals surface area contributed by atoms with Gasteiger partial charge in [0, 0.05) is 18.2 Å². The standard InChI is InChI=1S/C34H30N4O8S/c1-2-30(32(40)36-16-23-4-3-11-42-23)47-34-37-25-14-29-28(45-19-46-29)13-24(25)33(41)38(34)17-20-5-8-22(9-6-20)31(39)35-15-21-7-10-26-27(12-21)44-18-43-26/h3-14,30H,2,15-19H2,1H3,(H,35,39)(H,36,40)/t30-/m1/s1. The first kappa shape index (κ1) is 30.2. The lowest BCUT2D eigenvalue weighted by Gasteiger charge is -2.18. The molecule has 2 aromatic heterocycles. The second kappa shape index (κ2) is 13.1. The van der Waals surface area contributed by atoms with Gasteiger partial charge in [0.2, 0.25) is 19.5 Å². The number of nitrogens with one attached hydrogen (secondary N) is 2. The number of nitrogens with zero attached hydrogens (tertiary/aromatic N) is 2. The molecule has 2 aliphatic rings. The van der Waals surface area contributed by atoms with Crippen LogP contribution in [-0.4, -0.2) is 40.2 Å². The highest BCUT2D eigenvalue weighted by Gasteiger charge is 2.24. The number of thioether (sulfide) groups is 1. The van der Waals surface area contributed by atoms with E-state index in [1.807, 2.05) is 25.1 Å². The Morgan fingerprint density at radius 3 is 2.34 bits per heavy atom. The third-order valence-corrected chi connectivity index (χ3v) is 9.14. The maximum atomic E-state index is 14.0. The van der Waals surface area contributed by atoms with Gasteiger partial charge in [0.15, 0.2) is 28.2 Å². The zero-order valence-corrected chi connectivity index (χ0v) is 26.1. The molecule has 0 aliphatic carbocycles. The summed E-state index contributed by atoms with van der Waals surface area (Å²) >= 11 is 1.22. The van der Waals surface area contributed by atoms with Crippen LogP contribution < -0.4 is 35.1 Å². The number of benzene rings is 3. The summed E-state index contributed by atoms with van der Waals surface area (Å²) in [5.74, 6) is 2.52. The fourth-order valence-electron chi connectivity index (χ4n) is 5.25. The topological polar surface area (TPSA) is 143 Å². The van der Waals surface area contributed by atoms with E-state index in [0.717, 1.165) is 11.1 Å². The summed E-state index contributed by atoms with van der Waals surface area (Å²) < 4.78 is 28.7. The molecule has 0 saturated carbocycles. The SMILES string of the molecule is CC[C@@H](Sc1nc2cc3c(cc2c(=O)n1Cc1ccc(C(=O)NCc2ccc4c(c2)OCO4)cc1)OCO3)C(=O)NCc1ccco1. The molecule has 0 fully saturated rings. The monoisotopic (exact) mass is 654 g/mol. The molecule has 2 amide bonds. The van der Waals surface area contributed by atoms with Crippen LogP contribution in [0.25, 0.3) is 10.9 Å². The van der Waals surface area contributed by atoms with Crippen molar-refractivity contribution in [2.45, 2.75) is 43.4 Å². The predicted octanol–water partition coefficient (Wildman–Crippen LogP) is 4.61. The van der Waals surface area contributed by atoms with Crippen molar-refractivity contribution >= 4 is 34.5 Å². The van der Waals surface area contributed by atoms with Crippen LogP contribution in [0.1, 0.15) is 40.6 Å². The number of carbonyl (C=O) groups is 2. The molecule has 0 saturated heterocycles. The van der Waals surface area contributed by atoms with Gasteiger partial charge in [-0.25, -0.2) is 4.98 Å². The van der Waals surface area contributed by atoms with E-state index in [2.05, 4.69) is 10.6 Å². The van der Waals surface area contributed by atoms with Crippen molar-refractivity contribution in [3.8, 4) is 23.0 Å². The van der Waals surface area contributed by atoms with Crippen molar-refractivity contribution < 1.29 is 33.0 Å². The first-order valence-electron chi connectivity index (χ1n) is 15.0. The lowest BCUT2D eigenvalue weighted by Crippen LogP contribution is -2.33. The molecular weight excluding hydrogens is 624 g/mol. The van der Waals surface area contributed by atoms with Crippen molar-refractivity contribution in [2.75, 3.05) is 13.6 Å². The van der Waals surface area contributed by atoms with E-state index in [0.29, 0.717) is 63.3 Å². The minimum absolute atomic E-state index is 0.0613. The summed E-state index contributed by atoms with van der Waals surface area (Å²) in [6.07, 6.45) is 2.05. The molecule has 12 nitrogen and oxygen atoms in total. The van der Waals surface area contributed by atoms with Crippen LogP contribution >= 0.6 is 11.8 Å². The van der Waals surface area contributed by atoms with Gasteiger partial charge in [0.25, 0.3) is 11.5 Å². The van der Waals surface area contributed by atoms with Crippen LogP contribution in [0.3, 0.4) is 0 Å². The van der Waals surface area contributed by atoms with Crippen LogP contribution in [0.2, 0.25) is 0 Å². The van der Waals surface area contributed by atoms with Crippen LogP contribution in [0.15, 0.2) is 87.4 Å². The molecule has 1 atom stereocenters. The summed E-state index contributed by atoms with van der Waals surface area (Å²) in [5, 5.41) is 6.05. The van der Waals surface area contributed by atoms with E-state index in [1.54, 1.807) is 59.4 Å². The average Bonchev–Trinajstić information content (AvgIpc) is 3.88. The number of furan rings is 1. The van der Waals surface area contributed by atoms with Crippen LogP contribution in [0.5, 0.6) is 23.0 Å². The maximum absolute atomic E-state index is 14.0. The molecule has 3 aromatic carbocycles. The lowest BCUT2D eigenvalue weighted by atomic mass is 10.1. The fourth-order valence-corrected chi connectivity index (χ4v) is 6.29. The summed E-state index contributed by atoms with van der Waals surface area (Å²) in [6.45, 7) is 2.89. The van der Waals surface area contributed by atoms with Gasteiger partial charge in [-0.05, 0) is 60.0 Å². The second-order valence-corrected chi connectivity index (χ2v) is 12.1. The number of hydrogen-bond acceptors (Lipinski definition) is 10. The minimum atomic E-state index is -0.523. The molecule has 2 N–H and O–H groups in total. The highest BCUT2D eigenvalue weighted by Crippen LogP contribution is 2.36. The number of ether oxygens (including phenoxy) is 4. The summed E-state index contributed by atoms with van der Waals surface area (Å²) in [7, 11) is 0. The van der Waals surface area contributed by atoms with Gasteiger partial charge >= 0.3 is 0 Å². The normalized spacial score (nSPS) is 13.5. The Balaban J connectivity index is 1.11. The van der Waals surface area contributed by atoms with Gasteiger partial charge in [-0.15, -0.1) is 0 Å². The number of hydrogen-bond donors (Lipinski definition) is 2. The quantitative estimate of drug-likeness (QED) is 0.153. The summed E-state index contributed by atoms with van der Waals surface area (Å²) in [6, 6.07) is 19.4. The Kier molecular flexibility index (Phi) is 8.44. The molecule has 0 spiro atoms. The van der Waals surface area contributed by atoms with Gasteiger partial charge < -0.3 is 34.0 Å². The fraction of sp³-hybridized carbons (Fsp3) is 0.235. The molecule has 2 aliphatic heterocycles. The van der Waals surface area contributed by atoms with Crippen LogP contribution in [0.4, 0.5) is 0 Å². The highest BCUT2D eigenvalue weighted by atomic mass is 32.2. The molecule has 13 heteroatoms. The summed E-state index contributed by atoms with van der Waals surface area (Å²) in [4.78, 5) is 44.9. The number of aromatic nitrogens is 2. The van der Waals surface area contributed by atoms with Gasteiger partial charge in [0.1, 0.15) is 5.76 Å². The molecule has 240 valence electrons. The Bertz CT molecular complexity index is 2010. The molecule has 0 unspecified atom stereocenters. The van der Waals surface area contributed by atoms with E-state index >= 15 is 0 Å². The molecule has 0 bridgehead atoms. The highest BCUT2D eigenvalue weighted by molar-refractivity contribution is 8.00. The largest absolute Gasteiger partial charge is 0.467 e. The predicted molar refractivity (Wildman–Crippen MR) is 172 cm³/mol. The number of fused-ring (bicyclic) bond motifs is 3. The second-order valence-electron chi connectivity index (χ2n) is 10.9. The first-order valence-corrected chi connectivity index (χ1v) is 15.9. The van der Waals surface area contributed by atoms with E-state index in [-0.39, 0.29) is 44.0 Å². The molecule has 7 rings (SSSR count). The third-order valence-electron chi connectivity index (χ3n) is 7.79. The van der Waals surface area contributed by atoms with E-state index in [1.165, 1.54) is 11.8 Å². The number of amides is 2. The van der Waals surface area contributed by atoms with E-state index < -0.39 is 5.25 Å². The Hall–Kier alpha value is -5.43. The van der Waals surface area contributed by atoms with Crippen molar-refractivity contribution in [1.82, 2.24) is 20.2 Å². The van der Waals surface area contributed by atoms with Gasteiger partial charge in [0.05, 0.1) is 35.5 Å². The van der Waals surface area contributed by atoms with Crippen molar-refractivity contribution in [2.24, 2.45) is 0 Å². The lowest BCUT2D eigenvalue weighted by molar-refractivity contribution is -0.120. The Morgan fingerprint density at radius 2 is 1.60 bits per heavy atom. The third kappa shape index (κ3) is 6.47. The van der Waals surface area contributed by atoms with Crippen molar-refractivity contribution in [3.63, 3.8) is 0 Å². The molecule has 47 heavy (non-hydrogen) atoms. The smallest absolute Gasteiger partial charge is 0.262 e. The number of rotatable bonds is 11. The van der Waals surface area contributed by atoms with Gasteiger partial charge in [-0.1, -0.05) is 36.9 Å². The zero-order chi connectivity index (χ0) is 32.3. The Labute approximate surface area is 273 Å². The van der Waals surface area contributed by atoms with E-state index in [9.17, 15) is 14.4 Å². The van der Waals surface area contributed by atoms with Crippen LogP contribution in [0, 0.1) is 0 Å². The van der Waals surface area contributed by atoms with Crippen LogP contribution in [-0.2, 0) is 24.4 Å². The summed E-state index contributed by atoms with van der Waals surface area (Å²) in [5.41, 5.74) is 2.29. The average molecular weight is 655 g/mol. The number of carbonyl (C=O) groups excluding carboxylic acids is 2. The Morgan fingerprint density at radius 1 is 0.872 bits per heavy atom. The molecule has 0 radical (unpaired) electrons. The van der Waals surface area contributed by atoms with Gasteiger partial charge in [-0.3, -0.25) is 19.0 Å². The molecular formula is C34H30N4O8S. The first-order chi connectivity index (χ1) is 22.9. The minimum Gasteiger partial charge on any atom is -0.467 e. The van der Waals surface area contributed by atoms with Gasteiger partial charge in [-0.2, -0.15) is 0 Å². The maximum Gasteiger partial charge on any atom is 0.262 e. The molecule has 4 heterocycles. The molecule has 5 aromatic rings.